The van der Waals surface area contributed by atoms with Crippen LogP contribution in [0.4, 0.5) is 0 Å². The summed E-state index contributed by atoms with van der Waals surface area (Å²) in [6.07, 6.45) is -1.76. The van der Waals surface area contributed by atoms with Crippen LogP contribution in [0.15, 0.2) is 0 Å². The van der Waals surface area contributed by atoms with Crippen LogP contribution < -0.4 is 0 Å². The minimum Gasteiger partial charge on any atom is -0.388 e. The van der Waals surface area contributed by atoms with Gasteiger partial charge in [-0.25, -0.2) is 0 Å². The van der Waals surface area contributed by atoms with Crippen molar-refractivity contribution < 1.29 is 19.7 Å². The first-order chi connectivity index (χ1) is 4.79. The SMILES string of the molecule is O[C@@H]1[C@@H]([C@@H]2CO2)OC[C@H]1O. The van der Waals surface area contributed by atoms with Crippen molar-refractivity contribution in [3.05, 3.63) is 0 Å². The smallest absolute Gasteiger partial charge is 0.114 e. The van der Waals surface area contributed by atoms with Crippen LogP contribution in [-0.2, 0) is 9.47 Å². The minimum atomic E-state index is -0.757. The highest BCUT2D eigenvalue weighted by atomic mass is 16.6. The number of aliphatic hydroxyl groups excluding tert-OH is 2. The molecule has 0 bridgehead atoms. The Kier molecular flexibility index (Phi) is 1.42. The van der Waals surface area contributed by atoms with Crippen molar-refractivity contribution in [1.29, 1.82) is 0 Å². The number of epoxide rings is 1. The van der Waals surface area contributed by atoms with E-state index < -0.39 is 12.2 Å². The molecule has 0 radical (unpaired) electrons. The van der Waals surface area contributed by atoms with Gasteiger partial charge in [0, 0.05) is 0 Å². The van der Waals surface area contributed by atoms with E-state index in [4.69, 9.17) is 14.6 Å². The fraction of sp³-hybridized carbons (Fsp3) is 1.00. The molecule has 0 amide bonds. The zero-order chi connectivity index (χ0) is 7.14. The van der Waals surface area contributed by atoms with Crippen LogP contribution in [0.2, 0.25) is 0 Å². The Morgan fingerprint density at radius 1 is 1.10 bits per heavy atom. The second kappa shape index (κ2) is 2.17. The van der Waals surface area contributed by atoms with Gasteiger partial charge in [-0.15, -0.1) is 0 Å². The lowest BCUT2D eigenvalue weighted by molar-refractivity contribution is 0.00960. The number of hydrogen-bond acceptors (Lipinski definition) is 4. The van der Waals surface area contributed by atoms with E-state index in [2.05, 4.69) is 0 Å². The molecule has 2 rings (SSSR count). The lowest BCUT2D eigenvalue weighted by Crippen LogP contribution is -2.33. The Balaban J connectivity index is 1.96. The first-order valence-corrected chi connectivity index (χ1v) is 3.38. The average molecular weight is 146 g/mol. The summed E-state index contributed by atoms with van der Waals surface area (Å²) in [6.45, 7) is 0.875. The van der Waals surface area contributed by atoms with Gasteiger partial charge in [0.1, 0.15) is 24.4 Å². The van der Waals surface area contributed by atoms with Gasteiger partial charge in [0.15, 0.2) is 0 Å². The molecule has 2 saturated heterocycles. The van der Waals surface area contributed by atoms with Crippen molar-refractivity contribution >= 4 is 0 Å². The van der Waals surface area contributed by atoms with Crippen molar-refractivity contribution in [2.45, 2.75) is 24.4 Å². The summed E-state index contributed by atoms with van der Waals surface area (Å²) < 4.78 is 9.99. The number of aliphatic hydroxyl groups is 2. The van der Waals surface area contributed by atoms with Gasteiger partial charge in [0.25, 0.3) is 0 Å². The van der Waals surface area contributed by atoms with Crippen molar-refractivity contribution in [3.8, 4) is 0 Å². The normalized spacial score (nSPS) is 53.4. The third kappa shape index (κ3) is 0.932. The summed E-state index contributed by atoms with van der Waals surface area (Å²) in [6, 6.07) is 0. The molecule has 0 aromatic heterocycles. The highest BCUT2D eigenvalue weighted by molar-refractivity contribution is 4.93. The summed E-state index contributed by atoms with van der Waals surface area (Å²) in [7, 11) is 0. The second-order valence-electron chi connectivity index (χ2n) is 2.73. The third-order valence-electron chi connectivity index (χ3n) is 1.92. The molecule has 2 N–H and O–H groups in total. The topological polar surface area (TPSA) is 62.2 Å². The molecule has 0 saturated carbocycles. The zero-order valence-electron chi connectivity index (χ0n) is 5.43. The number of ether oxygens (including phenoxy) is 2. The first-order valence-electron chi connectivity index (χ1n) is 3.38. The lowest BCUT2D eigenvalue weighted by Gasteiger charge is -2.10. The van der Waals surface area contributed by atoms with E-state index in [0.717, 1.165) is 0 Å². The van der Waals surface area contributed by atoms with Gasteiger partial charge in [-0.05, 0) is 0 Å². The van der Waals surface area contributed by atoms with Crippen LogP contribution in [0.25, 0.3) is 0 Å². The summed E-state index contributed by atoms with van der Waals surface area (Å²) in [4.78, 5) is 0. The molecule has 0 spiro atoms. The summed E-state index contributed by atoms with van der Waals surface area (Å²) in [5.74, 6) is 0. The van der Waals surface area contributed by atoms with Crippen molar-refractivity contribution in [3.63, 3.8) is 0 Å². The van der Waals surface area contributed by atoms with E-state index in [1.54, 1.807) is 0 Å². The molecule has 2 aliphatic rings. The van der Waals surface area contributed by atoms with E-state index in [-0.39, 0.29) is 18.8 Å². The van der Waals surface area contributed by atoms with Gasteiger partial charge in [-0.2, -0.15) is 0 Å². The standard InChI is InChI=1S/C6H10O4/c7-3-1-10-6(5(3)8)4-2-9-4/h3-8H,1-2H2/t3-,4+,5+,6-/m1/s1. The van der Waals surface area contributed by atoms with Crippen LogP contribution in [-0.4, -0.2) is 47.8 Å². The Morgan fingerprint density at radius 3 is 2.20 bits per heavy atom. The van der Waals surface area contributed by atoms with Gasteiger partial charge in [-0.1, -0.05) is 0 Å². The fourth-order valence-electron chi connectivity index (χ4n) is 1.20. The average Bonchev–Trinajstić information content (AvgIpc) is 2.67. The van der Waals surface area contributed by atoms with Crippen LogP contribution in [0.5, 0.6) is 0 Å². The Bertz CT molecular complexity index is 134. The van der Waals surface area contributed by atoms with Gasteiger partial charge < -0.3 is 19.7 Å². The molecule has 2 fully saturated rings. The quantitative estimate of drug-likeness (QED) is 0.442. The van der Waals surface area contributed by atoms with Crippen molar-refractivity contribution in [2.75, 3.05) is 13.2 Å². The predicted molar refractivity (Wildman–Crippen MR) is 31.5 cm³/mol. The van der Waals surface area contributed by atoms with Gasteiger partial charge in [0.05, 0.1) is 13.2 Å². The summed E-state index contributed by atoms with van der Waals surface area (Å²) in [5.41, 5.74) is 0. The van der Waals surface area contributed by atoms with Crippen molar-refractivity contribution in [2.24, 2.45) is 0 Å². The molecule has 0 unspecified atom stereocenters. The molecule has 0 aromatic rings. The maximum Gasteiger partial charge on any atom is 0.114 e. The minimum absolute atomic E-state index is 0.0205. The summed E-state index contributed by atoms with van der Waals surface area (Å²) >= 11 is 0. The van der Waals surface area contributed by atoms with E-state index >= 15 is 0 Å². The molecule has 4 heteroatoms. The highest BCUT2D eigenvalue weighted by Crippen LogP contribution is 2.25. The molecule has 4 nitrogen and oxygen atoms in total. The highest BCUT2D eigenvalue weighted by Gasteiger charge is 2.45. The van der Waals surface area contributed by atoms with Crippen LogP contribution in [0, 0.1) is 0 Å². The molecule has 10 heavy (non-hydrogen) atoms. The molecular weight excluding hydrogens is 136 g/mol. The van der Waals surface area contributed by atoms with E-state index in [0.29, 0.717) is 6.61 Å². The molecule has 0 aromatic carbocycles. The van der Waals surface area contributed by atoms with Crippen LogP contribution >= 0.6 is 0 Å². The molecule has 2 aliphatic heterocycles. The molecule has 2 heterocycles. The Hall–Kier alpha value is -0.160. The zero-order valence-corrected chi connectivity index (χ0v) is 5.43. The Labute approximate surface area is 58.4 Å². The monoisotopic (exact) mass is 146 g/mol. The molecule has 58 valence electrons. The maximum absolute atomic E-state index is 9.21. The first kappa shape index (κ1) is 6.54. The van der Waals surface area contributed by atoms with Gasteiger partial charge in [0.2, 0.25) is 0 Å². The van der Waals surface area contributed by atoms with Gasteiger partial charge in [-0.3, -0.25) is 0 Å². The van der Waals surface area contributed by atoms with Crippen molar-refractivity contribution in [1.82, 2.24) is 0 Å². The molecular formula is C6H10O4. The predicted octanol–water partition coefficient (Wildman–Crippen LogP) is -1.49. The molecule has 0 aliphatic carbocycles. The number of rotatable bonds is 1. The van der Waals surface area contributed by atoms with E-state index in [9.17, 15) is 5.11 Å². The summed E-state index contributed by atoms with van der Waals surface area (Å²) in [5, 5.41) is 18.2. The second-order valence-corrected chi connectivity index (χ2v) is 2.73. The number of hydrogen-bond donors (Lipinski definition) is 2. The maximum atomic E-state index is 9.21. The van der Waals surface area contributed by atoms with Gasteiger partial charge >= 0.3 is 0 Å². The van der Waals surface area contributed by atoms with Crippen LogP contribution in [0.3, 0.4) is 0 Å². The molecule has 4 atom stereocenters. The Morgan fingerprint density at radius 2 is 1.80 bits per heavy atom. The fourth-order valence-corrected chi connectivity index (χ4v) is 1.20. The van der Waals surface area contributed by atoms with E-state index in [1.807, 2.05) is 0 Å². The van der Waals surface area contributed by atoms with Crippen LogP contribution in [0.1, 0.15) is 0 Å². The third-order valence-corrected chi connectivity index (χ3v) is 1.92. The lowest BCUT2D eigenvalue weighted by atomic mass is 10.1. The largest absolute Gasteiger partial charge is 0.388 e. The van der Waals surface area contributed by atoms with E-state index in [1.165, 1.54) is 0 Å².